The number of nitrogens with zero attached hydrogens (tertiary/aromatic N) is 1. The average molecular weight is 291 g/mol. The average Bonchev–Trinajstić information content (AvgIpc) is 2.47. The minimum absolute atomic E-state index is 0.112. The smallest absolute Gasteiger partial charge is 0.325 e. The van der Waals surface area contributed by atoms with E-state index in [1.165, 1.54) is 4.90 Å². The van der Waals surface area contributed by atoms with E-state index >= 15 is 0 Å². The number of amides is 1. The van der Waals surface area contributed by atoms with Crippen LogP contribution in [0.5, 0.6) is 5.75 Å². The number of hydrogen-bond acceptors (Lipinski definition) is 4. The zero-order chi connectivity index (χ0) is 15.7. The Hall–Kier alpha value is -2.30. The maximum absolute atomic E-state index is 12.6. The van der Waals surface area contributed by atoms with Crippen LogP contribution in [0.25, 0.3) is 0 Å². The second-order valence-corrected chi connectivity index (χ2v) is 4.21. The van der Waals surface area contributed by atoms with Crippen molar-refractivity contribution in [2.24, 2.45) is 0 Å². The van der Waals surface area contributed by atoms with E-state index in [0.29, 0.717) is 17.9 Å². The third-order valence-electron chi connectivity index (χ3n) is 2.68. The van der Waals surface area contributed by atoms with Gasteiger partial charge in [0, 0.05) is 6.54 Å². The Morgan fingerprint density at radius 3 is 2.57 bits per heavy atom. The van der Waals surface area contributed by atoms with Gasteiger partial charge in [-0.15, -0.1) is 6.58 Å². The van der Waals surface area contributed by atoms with Gasteiger partial charge in [0.1, 0.15) is 12.3 Å². The third kappa shape index (κ3) is 4.95. The lowest BCUT2D eigenvalue weighted by Gasteiger charge is -2.21. The highest BCUT2D eigenvalue weighted by Gasteiger charge is 2.21. The standard InChI is InChI=1S/C16H21NO4/c1-4-11-17(12-15(18)21-6-3)16(19)13-9-7-8-10-14(13)20-5-2/h4,7-10H,1,5-6,11-12H2,2-3H3. The highest BCUT2D eigenvalue weighted by molar-refractivity contribution is 5.98. The maximum atomic E-state index is 12.6. The molecule has 0 aliphatic rings. The van der Waals surface area contributed by atoms with Crippen molar-refractivity contribution in [1.29, 1.82) is 0 Å². The molecule has 0 aliphatic carbocycles. The van der Waals surface area contributed by atoms with E-state index in [0.717, 1.165) is 0 Å². The second-order valence-electron chi connectivity index (χ2n) is 4.21. The number of hydrogen-bond donors (Lipinski definition) is 0. The molecule has 0 aliphatic heterocycles. The van der Waals surface area contributed by atoms with Crippen LogP contribution in [0.4, 0.5) is 0 Å². The lowest BCUT2D eigenvalue weighted by molar-refractivity contribution is -0.143. The first-order valence-corrected chi connectivity index (χ1v) is 6.91. The highest BCUT2D eigenvalue weighted by Crippen LogP contribution is 2.20. The van der Waals surface area contributed by atoms with Crippen molar-refractivity contribution < 1.29 is 19.1 Å². The fourth-order valence-corrected chi connectivity index (χ4v) is 1.83. The van der Waals surface area contributed by atoms with Crippen molar-refractivity contribution in [3.05, 3.63) is 42.5 Å². The van der Waals surface area contributed by atoms with E-state index < -0.39 is 5.97 Å². The van der Waals surface area contributed by atoms with Crippen LogP contribution < -0.4 is 4.74 Å². The predicted molar refractivity (Wildman–Crippen MR) is 80.3 cm³/mol. The number of rotatable bonds is 8. The van der Waals surface area contributed by atoms with E-state index in [-0.39, 0.29) is 25.6 Å². The van der Waals surface area contributed by atoms with Crippen molar-refractivity contribution in [3.63, 3.8) is 0 Å². The lowest BCUT2D eigenvalue weighted by atomic mass is 10.1. The van der Waals surface area contributed by atoms with Gasteiger partial charge in [-0.1, -0.05) is 18.2 Å². The third-order valence-corrected chi connectivity index (χ3v) is 2.68. The zero-order valence-corrected chi connectivity index (χ0v) is 12.5. The Bertz CT molecular complexity index is 499. The van der Waals surface area contributed by atoms with Crippen LogP contribution >= 0.6 is 0 Å². The van der Waals surface area contributed by atoms with Gasteiger partial charge in [-0.3, -0.25) is 9.59 Å². The van der Waals surface area contributed by atoms with Crippen LogP contribution in [0.1, 0.15) is 24.2 Å². The first-order valence-electron chi connectivity index (χ1n) is 6.91. The molecule has 114 valence electrons. The molecule has 5 nitrogen and oxygen atoms in total. The molecular formula is C16H21NO4. The van der Waals surface area contributed by atoms with E-state index in [4.69, 9.17) is 9.47 Å². The van der Waals surface area contributed by atoms with Gasteiger partial charge in [0.2, 0.25) is 0 Å². The minimum Gasteiger partial charge on any atom is -0.493 e. The lowest BCUT2D eigenvalue weighted by Crippen LogP contribution is -2.36. The van der Waals surface area contributed by atoms with E-state index in [2.05, 4.69) is 6.58 Å². The highest BCUT2D eigenvalue weighted by atomic mass is 16.5. The summed E-state index contributed by atoms with van der Waals surface area (Å²) in [6.07, 6.45) is 1.57. The fraction of sp³-hybridized carbons (Fsp3) is 0.375. The molecule has 0 unspecified atom stereocenters. The zero-order valence-electron chi connectivity index (χ0n) is 12.5. The number of para-hydroxylation sites is 1. The summed E-state index contributed by atoms with van der Waals surface area (Å²) in [6, 6.07) is 6.96. The van der Waals surface area contributed by atoms with E-state index in [1.807, 2.05) is 6.92 Å². The van der Waals surface area contributed by atoms with Crippen molar-refractivity contribution in [2.45, 2.75) is 13.8 Å². The summed E-state index contributed by atoms with van der Waals surface area (Å²) in [6.45, 7) is 8.08. The Morgan fingerprint density at radius 1 is 1.24 bits per heavy atom. The van der Waals surface area contributed by atoms with Gasteiger partial charge >= 0.3 is 5.97 Å². The summed E-state index contributed by atoms with van der Waals surface area (Å²) in [4.78, 5) is 25.5. The quantitative estimate of drug-likeness (QED) is 0.544. The van der Waals surface area contributed by atoms with Gasteiger partial charge in [-0.05, 0) is 26.0 Å². The summed E-state index contributed by atoms with van der Waals surface area (Å²) in [5, 5.41) is 0. The Kier molecular flexibility index (Phi) is 7.01. The number of ether oxygens (including phenoxy) is 2. The maximum Gasteiger partial charge on any atom is 0.325 e. The van der Waals surface area contributed by atoms with Gasteiger partial charge in [0.25, 0.3) is 5.91 Å². The molecule has 0 saturated carbocycles. The van der Waals surface area contributed by atoms with Crippen LogP contribution in [-0.2, 0) is 9.53 Å². The molecule has 21 heavy (non-hydrogen) atoms. The van der Waals surface area contributed by atoms with Crippen LogP contribution in [0.3, 0.4) is 0 Å². The van der Waals surface area contributed by atoms with Crippen LogP contribution in [0.15, 0.2) is 36.9 Å². The van der Waals surface area contributed by atoms with Gasteiger partial charge in [-0.2, -0.15) is 0 Å². The molecule has 0 bridgehead atoms. The molecule has 1 aromatic rings. The predicted octanol–water partition coefficient (Wildman–Crippen LogP) is 2.28. The number of benzene rings is 1. The van der Waals surface area contributed by atoms with Gasteiger partial charge in [0.15, 0.2) is 0 Å². The molecule has 1 aromatic carbocycles. The second kappa shape index (κ2) is 8.79. The topological polar surface area (TPSA) is 55.8 Å². The first kappa shape index (κ1) is 16.8. The molecular weight excluding hydrogens is 270 g/mol. The molecule has 0 radical (unpaired) electrons. The molecule has 0 atom stereocenters. The number of carbonyl (C=O) groups excluding carboxylic acids is 2. The SMILES string of the molecule is C=CCN(CC(=O)OCC)C(=O)c1ccccc1OCC. The van der Waals surface area contributed by atoms with Gasteiger partial charge in [-0.25, -0.2) is 0 Å². The van der Waals surface area contributed by atoms with E-state index in [9.17, 15) is 9.59 Å². The fourth-order valence-electron chi connectivity index (χ4n) is 1.83. The van der Waals surface area contributed by atoms with Crippen LogP contribution in [0, 0.1) is 0 Å². The normalized spacial score (nSPS) is 9.81. The summed E-state index contributed by atoms with van der Waals surface area (Å²) >= 11 is 0. The molecule has 5 heteroatoms. The Labute approximate surface area is 125 Å². The molecule has 0 N–H and O–H groups in total. The largest absolute Gasteiger partial charge is 0.493 e. The monoisotopic (exact) mass is 291 g/mol. The number of carbonyl (C=O) groups is 2. The summed E-state index contributed by atoms with van der Waals surface area (Å²) in [5.74, 6) is -0.225. The van der Waals surface area contributed by atoms with Crippen molar-refractivity contribution in [3.8, 4) is 5.75 Å². The molecule has 1 rings (SSSR count). The summed E-state index contributed by atoms with van der Waals surface area (Å²) < 4.78 is 10.3. The molecule has 0 aromatic heterocycles. The molecule has 0 fully saturated rings. The van der Waals surface area contributed by atoms with Crippen LogP contribution in [0.2, 0.25) is 0 Å². The Morgan fingerprint density at radius 2 is 1.95 bits per heavy atom. The van der Waals surface area contributed by atoms with Crippen molar-refractivity contribution >= 4 is 11.9 Å². The van der Waals surface area contributed by atoms with Crippen molar-refractivity contribution in [2.75, 3.05) is 26.3 Å². The molecule has 0 spiro atoms. The number of esters is 1. The van der Waals surface area contributed by atoms with Crippen LogP contribution in [-0.4, -0.2) is 43.1 Å². The molecule has 1 amide bonds. The van der Waals surface area contributed by atoms with Gasteiger partial charge in [0.05, 0.1) is 18.8 Å². The Balaban J connectivity index is 2.94. The molecule has 0 heterocycles. The van der Waals surface area contributed by atoms with Gasteiger partial charge < -0.3 is 14.4 Å². The van der Waals surface area contributed by atoms with E-state index in [1.54, 1.807) is 37.3 Å². The first-order chi connectivity index (χ1) is 10.1. The minimum atomic E-state index is -0.443. The van der Waals surface area contributed by atoms with Crippen molar-refractivity contribution in [1.82, 2.24) is 4.90 Å². The summed E-state index contributed by atoms with van der Waals surface area (Å²) in [7, 11) is 0. The summed E-state index contributed by atoms with van der Waals surface area (Å²) in [5.41, 5.74) is 0.422. The molecule has 0 saturated heterocycles.